The van der Waals surface area contributed by atoms with Crippen LogP contribution in [0.3, 0.4) is 0 Å². The maximum atomic E-state index is 12.5. The van der Waals surface area contributed by atoms with Crippen LogP contribution < -0.4 is 5.32 Å². The molecule has 3 aromatic rings. The molecule has 26 heavy (non-hydrogen) atoms. The molecule has 2 heterocycles. The van der Waals surface area contributed by atoms with E-state index in [1.165, 1.54) is 0 Å². The first-order valence-electron chi connectivity index (χ1n) is 8.84. The largest absolute Gasteiger partial charge is 0.457 e. The van der Waals surface area contributed by atoms with Crippen molar-refractivity contribution >= 4 is 27.5 Å². The van der Waals surface area contributed by atoms with Crippen molar-refractivity contribution in [1.82, 2.24) is 10.3 Å². The number of rotatable bonds is 4. The van der Waals surface area contributed by atoms with Crippen LogP contribution in [-0.4, -0.2) is 10.9 Å². The summed E-state index contributed by atoms with van der Waals surface area (Å²) in [4.78, 5) is 17.1. The maximum Gasteiger partial charge on any atom is 0.240 e. The van der Waals surface area contributed by atoms with Gasteiger partial charge in [0.1, 0.15) is 11.2 Å². The second kappa shape index (κ2) is 6.93. The molecule has 0 aliphatic heterocycles. The van der Waals surface area contributed by atoms with Gasteiger partial charge in [0.25, 0.3) is 0 Å². The van der Waals surface area contributed by atoms with Crippen molar-refractivity contribution in [2.24, 2.45) is 5.41 Å². The molecule has 1 aliphatic carbocycles. The number of furan rings is 1. The van der Waals surface area contributed by atoms with Crippen molar-refractivity contribution in [3.05, 3.63) is 42.2 Å². The predicted molar refractivity (Wildman–Crippen MR) is 100 cm³/mol. The van der Waals surface area contributed by atoms with Crippen LogP contribution in [0.5, 0.6) is 0 Å². The van der Waals surface area contributed by atoms with Gasteiger partial charge in [-0.3, -0.25) is 4.79 Å². The van der Waals surface area contributed by atoms with Gasteiger partial charge in [-0.15, -0.1) is 11.3 Å². The fourth-order valence-corrected chi connectivity index (χ4v) is 4.37. The zero-order chi connectivity index (χ0) is 18.0. The Hall–Kier alpha value is -2.65. The Labute approximate surface area is 155 Å². The topological polar surface area (TPSA) is 78.9 Å². The SMILES string of the molecule is N#CC1(C(=O)NCc2ccc(-c3nc4ccccc4s3)o2)CCCCC1. The van der Waals surface area contributed by atoms with E-state index in [2.05, 4.69) is 16.4 Å². The standard InChI is InChI=1S/C20H19N3O2S/c21-13-20(10-4-1-5-11-20)19(24)22-12-14-8-9-16(25-14)18-23-15-6-2-3-7-17(15)26-18/h2-3,6-9H,1,4-5,10-12H2,(H,22,24). The number of thiazole rings is 1. The maximum absolute atomic E-state index is 12.5. The van der Waals surface area contributed by atoms with Crippen molar-refractivity contribution < 1.29 is 9.21 Å². The van der Waals surface area contributed by atoms with Crippen LogP contribution in [0.25, 0.3) is 21.0 Å². The lowest BCUT2D eigenvalue weighted by molar-refractivity contribution is -0.129. The summed E-state index contributed by atoms with van der Waals surface area (Å²) in [5.74, 6) is 1.18. The van der Waals surface area contributed by atoms with Gasteiger partial charge in [0, 0.05) is 0 Å². The third-order valence-electron chi connectivity index (χ3n) is 4.95. The number of nitrogens with one attached hydrogen (secondary N) is 1. The zero-order valence-electron chi connectivity index (χ0n) is 14.3. The number of carbonyl (C=O) groups is 1. The lowest BCUT2D eigenvalue weighted by Gasteiger charge is -2.28. The number of benzene rings is 1. The molecule has 4 rings (SSSR count). The van der Waals surface area contributed by atoms with Crippen LogP contribution in [0.2, 0.25) is 0 Å². The lowest BCUT2D eigenvalue weighted by atomic mass is 9.74. The highest BCUT2D eigenvalue weighted by Crippen LogP contribution is 2.36. The van der Waals surface area contributed by atoms with Crippen LogP contribution in [0, 0.1) is 16.7 Å². The lowest BCUT2D eigenvalue weighted by Crippen LogP contribution is -2.41. The van der Waals surface area contributed by atoms with E-state index in [9.17, 15) is 10.1 Å². The van der Waals surface area contributed by atoms with Crippen LogP contribution in [-0.2, 0) is 11.3 Å². The van der Waals surface area contributed by atoms with E-state index < -0.39 is 5.41 Å². The minimum atomic E-state index is -0.874. The predicted octanol–water partition coefficient (Wildman–Crippen LogP) is 4.65. The molecule has 0 spiro atoms. The van der Waals surface area contributed by atoms with E-state index >= 15 is 0 Å². The number of hydrogen-bond donors (Lipinski definition) is 1. The number of nitrogens with zero attached hydrogens (tertiary/aromatic N) is 2. The summed E-state index contributed by atoms with van der Waals surface area (Å²) in [5, 5.41) is 13.2. The van der Waals surface area contributed by atoms with Gasteiger partial charge in [0.2, 0.25) is 5.91 Å². The number of hydrogen-bond acceptors (Lipinski definition) is 5. The Morgan fingerprint density at radius 2 is 2.04 bits per heavy atom. The van der Waals surface area contributed by atoms with Gasteiger partial charge in [-0.05, 0) is 37.1 Å². The van der Waals surface area contributed by atoms with Crippen molar-refractivity contribution in [2.45, 2.75) is 38.6 Å². The van der Waals surface area contributed by atoms with Gasteiger partial charge >= 0.3 is 0 Å². The van der Waals surface area contributed by atoms with Crippen LogP contribution in [0.15, 0.2) is 40.8 Å². The fourth-order valence-electron chi connectivity index (χ4n) is 3.45. The summed E-state index contributed by atoms with van der Waals surface area (Å²) >= 11 is 1.58. The molecule has 0 atom stereocenters. The minimum absolute atomic E-state index is 0.183. The molecule has 0 saturated heterocycles. The molecule has 1 amide bonds. The molecule has 1 aliphatic rings. The monoisotopic (exact) mass is 365 g/mol. The number of carbonyl (C=O) groups excluding carboxylic acids is 1. The quantitative estimate of drug-likeness (QED) is 0.730. The molecular weight excluding hydrogens is 346 g/mol. The van der Waals surface area contributed by atoms with Gasteiger partial charge in [-0.25, -0.2) is 4.98 Å². The Balaban J connectivity index is 1.45. The average molecular weight is 365 g/mol. The number of aromatic nitrogens is 1. The Morgan fingerprint density at radius 3 is 2.81 bits per heavy atom. The smallest absolute Gasteiger partial charge is 0.240 e. The zero-order valence-corrected chi connectivity index (χ0v) is 15.1. The molecule has 6 heteroatoms. The summed E-state index contributed by atoms with van der Waals surface area (Å²) in [6.45, 7) is 0.285. The van der Waals surface area contributed by atoms with Crippen LogP contribution in [0.4, 0.5) is 0 Å². The van der Waals surface area contributed by atoms with Crippen LogP contribution >= 0.6 is 11.3 Å². The van der Waals surface area contributed by atoms with Gasteiger partial charge < -0.3 is 9.73 Å². The van der Waals surface area contributed by atoms with Crippen LogP contribution in [0.1, 0.15) is 37.9 Å². The number of amides is 1. The molecule has 1 aromatic carbocycles. The molecular formula is C20H19N3O2S. The molecule has 1 fully saturated rings. The summed E-state index contributed by atoms with van der Waals surface area (Å²) < 4.78 is 6.97. The van der Waals surface area contributed by atoms with Gasteiger partial charge in [-0.2, -0.15) is 5.26 Å². The highest BCUT2D eigenvalue weighted by Gasteiger charge is 2.39. The van der Waals surface area contributed by atoms with Crippen molar-refractivity contribution in [2.75, 3.05) is 0 Å². The number of fused-ring (bicyclic) bond motifs is 1. The Morgan fingerprint density at radius 1 is 1.23 bits per heavy atom. The molecule has 5 nitrogen and oxygen atoms in total. The summed E-state index contributed by atoms with van der Waals surface area (Å²) in [7, 11) is 0. The highest BCUT2D eigenvalue weighted by atomic mass is 32.1. The first-order chi connectivity index (χ1) is 12.7. The van der Waals surface area contributed by atoms with Gasteiger partial charge in [-0.1, -0.05) is 31.4 Å². The highest BCUT2D eigenvalue weighted by molar-refractivity contribution is 7.21. The van der Waals surface area contributed by atoms with Crippen molar-refractivity contribution in [3.8, 4) is 16.8 Å². The molecule has 0 unspecified atom stereocenters. The van der Waals surface area contributed by atoms with E-state index in [0.29, 0.717) is 24.4 Å². The first-order valence-corrected chi connectivity index (χ1v) is 9.66. The van der Waals surface area contributed by atoms with E-state index in [1.54, 1.807) is 11.3 Å². The second-order valence-electron chi connectivity index (χ2n) is 6.69. The van der Waals surface area contributed by atoms with Gasteiger partial charge in [0.15, 0.2) is 10.8 Å². The van der Waals surface area contributed by atoms with Crippen molar-refractivity contribution in [1.29, 1.82) is 5.26 Å². The molecule has 1 saturated carbocycles. The molecule has 1 N–H and O–H groups in total. The minimum Gasteiger partial charge on any atom is -0.457 e. The summed E-state index contributed by atoms with van der Waals surface area (Å²) in [5.41, 5.74) is 0.0766. The third-order valence-corrected chi connectivity index (χ3v) is 6.00. The average Bonchev–Trinajstić information content (AvgIpc) is 3.33. The Kier molecular flexibility index (Phi) is 4.48. The molecule has 2 aromatic heterocycles. The number of para-hydroxylation sites is 1. The van der Waals surface area contributed by atoms with E-state index in [0.717, 1.165) is 34.5 Å². The fraction of sp³-hybridized carbons (Fsp3) is 0.350. The summed E-state index contributed by atoms with van der Waals surface area (Å²) in [6, 6.07) is 13.9. The van der Waals surface area contributed by atoms with Gasteiger partial charge in [0.05, 0.1) is 22.8 Å². The summed E-state index contributed by atoms with van der Waals surface area (Å²) in [6.07, 6.45) is 4.25. The first kappa shape index (κ1) is 16.8. The van der Waals surface area contributed by atoms with E-state index in [1.807, 2.05) is 36.4 Å². The molecule has 0 bridgehead atoms. The Bertz CT molecular complexity index is 943. The van der Waals surface area contributed by atoms with Crippen molar-refractivity contribution in [3.63, 3.8) is 0 Å². The van der Waals surface area contributed by atoms with E-state index in [4.69, 9.17) is 4.42 Å². The van der Waals surface area contributed by atoms with E-state index in [-0.39, 0.29) is 12.5 Å². The third kappa shape index (κ3) is 3.11. The normalized spacial score (nSPS) is 16.3. The second-order valence-corrected chi connectivity index (χ2v) is 7.72. The molecule has 0 radical (unpaired) electrons. The molecule has 132 valence electrons. The number of nitriles is 1.